The second-order valence-corrected chi connectivity index (χ2v) is 8.86. The molecule has 0 fully saturated rings. The van der Waals surface area contributed by atoms with Crippen LogP contribution in [0.5, 0.6) is 5.75 Å². The minimum absolute atomic E-state index is 0.0901. The maximum absolute atomic E-state index is 12.6. The number of sulfonamides is 1. The van der Waals surface area contributed by atoms with E-state index in [1.807, 2.05) is 4.72 Å². The first kappa shape index (κ1) is 20.1. The number of ether oxygens (including phenoxy) is 1. The Morgan fingerprint density at radius 2 is 1.79 bits per heavy atom. The molecule has 0 unspecified atom stereocenters. The van der Waals surface area contributed by atoms with Crippen LogP contribution >= 0.6 is 22.9 Å². The summed E-state index contributed by atoms with van der Waals surface area (Å²) in [5.74, 6) is -0.440. The number of hydrogen-bond donors (Lipinski definition) is 2. The zero-order valence-electron chi connectivity index (χ0n) is 14.8. The zero-order chi connectivity index (χ0) is 20.5. The summed E-state index contributed by atoms with van der Waals surface area (Å²) in [6, 6.07) is 10.8. The van der Waals surface area contributed by atoms with Gasteiger partial charge < -0.3 is 10.1 Å². The number of methoxy groups -OCH3 is 1. The fourth-order valence-corrected chi connectivity index (χ4v) is 4.90. The van der Waals surface area contributed by atoms with Crippen LogP contribution in [0, 0.1) is 0 Å². The van der Waals surface area contributed by atoms with Crippen molar-refractivity contribution in [3.8, 4) is 5.75 Å². The van der Waals surface area contributed by atoms with E-state index in [0.29, 0.717) is 21.3 Å². The molecule has 0 atom stereocenters. The zero-order valence-corrected chi connectivity index (χ0v) is 17.2. The van der Waals surface area contributed by atoms with Crippen molar-refractivity contribution in [3.05, 3.63) is 52.4 Å². The summed E-state index contributed by atoms with van der Waals surface area (Å²) in [7, 11) is -2.38. The minimum Gasteiger partial charge on any atom is -0.497 e. The molecule has 3 aromatic rings. The van der Waals surface area contributed by atoms with E-state index in [1.54, 1.807) is 25.3 Å². The predicted octanol–water partition coefficient (Wildman–Crippen LogP) is 3.64. The van der Waals surface area contributed by atoms with Gasteiger partial charge in [-0.2, -0.15) is 0 Å². The van der Waals surface area contributed by atoms with Gasteiger partial charge in [0.1, 0.15) is 10.6 Å². The maximum atomic E-state index is 12.6. The van der Waals surface area contributed by atoms with Crippen LogP contribution in [0.25, 0.3) is 10.1 Å². The van der Waals surface area contributed by atoms with Crippen molar-refractivity contribution < 1.29 is 22.7 Å². The average molecular weight is 439 g/mol. The fraction of sp³-hybridized carbons (Fsp3) is 0.111. The van der Waals surface area contributed by atoms with Crippen molar-refractivity contribution in [1.82, 2.24) is 4.72 Å². The third-order valence-corrected chi connectivity index (χ3v) is 6.85. The Bertz CT molecular complexity index is 1170. The highest BCUT2D eigenvalue weighted by Crippen LogP contribution is 2.37. The molecule has 0 spiro atoms. The quantitative estimate of drug-likeness (QED) is 0.633. The van der Waals surface area contributed by atoms with Crippen molar-refractivity contribution in [2.45, 2.75) is 11.8 Å². The van der Waals surface area contributed by atoms with E-state index in [9.17, 15) is 18.0 Å². The van der Waals surface area contributed by atoms with Gasteiger partial charge in [-0.15, -0.1) is 11.3 Å². The third kappa shape index (κ3) is 4.11. The molecule has 0 saturated heterocycles. The number of hydrogen-bond acceptors (Lipinski definition) is 6. The summed E-state index contributed by atoms with van der Waals surface area (Å²) in [4.78, 5) is 23.8. The van der Waals surface area contributed by atoms with Gasteiger partial charge in [0.2, 0.25) is 5.91 Å². The monoisotopic (exact) mass is 438 g/mol. The van der Waals surface area contributed by atoms with Crippen LogP contribution in [-0.2, 0) is 14.8 Å². The van der Waals surface area contributed by atoms with Crippen LogP contribution in [0.2, 0.25) is 5.02 Å². The minimum atomic E-state index is -3.93. The average Bonchev–Trinajstić information content (AvgIpc) is 2.97. The highest BCUT2D eigenvalue weighted by Gasteiger charge is 2.19. The molecule has 2 amide bonds. The van der Waals surface area contributed by atoms with Crippen molar-refractivity contribution in [2.75, 3.05) is 12.4 Å². The van der Waals surface area contributed by atoms with Gasteiger partial charge in [0.25, 0.3) is 15.9 Å². The lowest BCUT2D eigenvalue weighted by molar-refractivity contribution is -0.117. The van der Waals surface area contributed by atoms with E-state index in [1.165, 1.54) is 35.6 Å². The van der Waals surface area contributed by atoms with Crippen molar-refractivity contribution in [1.29, 1.82) is 0 Å². The largest absolute Gasteiger partial charge is 0.497 e. The molecule has 0 aliphatic heterocycles. The van der Waals surface area contributed by atoms with E-state index in [0.717, 1.165) is 17.0 Å². The van der Waals surface area contributed by atoms with E-state index in [2.05, 4.69) is 5.32 Å². The fourth-order valence-electron chi connectivity index (χ4n) is 2.47. The first-order chi connectivity index (χ1) is 13.2. The first-order valence-corrected chi connectivity index (χ1v) is 10.6. The number of carbonyl (C=O) groups excluding carboxylic acids is 2. The number of anilines is 1. The maximum Gasteiger partial charge on any atom is 0.267 e. The Morgan fingerprint density at radius 1 is 1.11 bits per heavy atom. The lowest BCUT2D eigenvalue weighted by Gasteiger charge is -2.07. The molecule has 1 heterocycles. The third-order valence-electron chi connectivity index (χ3n) is 3.74. The van der Waals surface area contributed by atoms with Gasteiger partial charge in [-0.25, -0.2) is 13.1 Å². The van der Waals surface area contributed by atoms with Crippen LogP contribution in [0.15, 0.2) is 47.4 Å². The smallest absolute Gasteiger partial charge is 0.267 e. The number of halogens is 1. The van der Waals surface area contributed by atoms with Crippen molar-refractivity contribution in [3.63, 3.8) is 0 Å². The number of nitrogens with one attached hydrogen (secondary N) is 2. The van der Waals surface area contributed by atoms with Gasteiger partial charge in [-0.05, 0) is 42.5 Å². The van der Waals surface area contributed by atoms with Crippen LogP contribution < -0.4 is 14.8 Å². The number of rotatable bonds is 5. The molecular weight excluding hydrogens is 424 g/mol. The molecule has 0 aliphatic rings. The lowest BCUT2D eigenvalue weighted by atomic mass is 10.2. The number of thiophene rings is 1. The van der Waals surface area contributed by atoms with Gasteiger partial charge in [-0.3, -0.25) is 9.59 Å². The highest BCUT2D eigenvalue weighted by molar-refractivity contribution is 7.90. The number of fused-ring (bicyclic) bond motifs is 1. The van der Waals surface area contributed by atoms with Crippen LogP contribution in [0.1, 0.15) is 16.6 Å². The summed E-state index contributed by atoms with van der Waals surface area (Å²) in [6.45, 7) is 1.11. The topological polar surface area (TPSA) is 102 Å². The molecule has 1 aromatic heterocycles. The van der Waals surface area contributed by atoms with Gasteiger partial charge >= 0.3 is 0 Å². The Morgan fingerprint density at radius 3 is 2.39 bits per heavy atom. The summed E-state index contributed by atoms with van der Waals surface area (Å²) in [6.07, 6.45) is 0. The van der Waals surface area contributed by atoms with Crippen molar-refractivity contribution in [2.24, 2.45) is 0 Å². The summed E-state index contributed by atoms with van der Waals surface area (Å²) in [5.41, 5.74) is 0.387. The number of carbonyl (C=O) groups is 2. The Labute approximate surface area is 170 Å². The van der Waals surface area contributed by atoms with E-state index >= 15 is 0 Å². The molecule has 0 aliphatic carbocycles. The molecule has 7 nitrogen and oxygen atoms in total. The van der Waals surface area contributed by atoms with E-state index in [-0.39, 0.29) is 4.90 Å². The van der Waals surface area contributed by atoms with E-state index < -0.39 is 21.8 Å². The van der Waals surface area contributed by atoms with Crippen molar-refractivity contribution >= 4 is 60.5 Å². The molecule has 0 bridgehead atoms. The molecule has 28 heavy (non-hydrogen) atoms. The Hall–Kier alpha value is -2.62. The SMILES string of the molecule is COc1ccc2c(Cl)c(C(=O)Nc3ccc(S(=O)(=O)NC(C)=O)cc3)sc2c1. The lowest BCUT2D eigenvalue weighted by Crippen LogP contribution is -2.28. The summed E-state index contributed by atoms with van der Waals surface area (Å²) < 4.78 is 31.8. The van der Waals surface area contributed by atoms with Crippen LogP contribution in [-0.4, -0.2) is 27.3 Å². The normalized spacial score (nSPS) is 11.2. The molecule has 3 rings (SSSR count). The van der Waals surface area contributed by atoms with Crippen LogP contribution in [0.3, 0.4) is 0 Å². The standard InChI is InChI=1S/C18H15ClN2O5S2/c1-10(22)21-28(24,25)13-6-3-11(4-7-13)20-18(23)17-16(19)14-8-5-12(26-2)9-15(14)27-17/h3-9H,1-2H3,(H,20,23)(H,21,22). The van der Waals surface area contributed by atoms with E-state index in [4.69, 9.17) is 16.3 Å². The Balaban J connectivity index is 1.82. The highest BCUT2D eigenvalue weighted by atomic mass is 35.5. The summed E-state index contributed by atoms with van der Waals surface area (Å²) in [5, 5.41) is 3.76. The molecular formula is C18H15ClN2O5S2. The second-order valence-electron chi connectivity index (χ2n) is 5.75. The number of amides is 2. The molecule has 10 heteroatoms. The molecule has 0 radical (unpaired) electrons. The summed E-state index contributed by atoms with van der Waals surface area (Å²) >= 11 is 7.56. The predicted molar refractivity (Wildman–Crippen MR) is 109 cm³/mol. The second kappa shape index (κ2) is 7.78. The van der Waals surface area contributed by atoms with Gasteiger partial charge in [0.05, 0.1) is 17.0 Å². The molecule has 2 N–H and O–H groups in total. The number of benzene rings is 2. The first-order valence-electron chi connectivity index (χ1n) is 7.92. The Kier molecular flexibility index (Phi) is 5.59. The van der Waals surface area contributed by atoms with Gasteiger partial charge in [-0.1, -0.05) is 11.6 Å². The molecule has 0 saturated carbocycles. The van der Waals surface area contributed by atoms with Crippen LogP contribution in [0.4, 0.5) is 5.69 Å². The molecule has 146 valence electrons. The van der Waals surface area contributed by atoms with Gasteiger partial charge in [0, 0.05) is 22.7 Å². The van der Waals surface area contributed by atoms with Gasteiger partial charge in [0.15, 0.2) is 0 Å². The molecule has 2 aromatic carbocycles.